The van der Waals surface area contributed by atoms with Crippen molar-refractivity contribution >= 4 is 34.8 Å². The van der Waals surface area contributed by atoms with Gasteiger partial charge < -0.3 is 10.6 Å². The lowest BCUT2D eigenvalue weighted by atomic mass is 10.0. The molecular formula is C24H25ClN2O2S. The van der Waals surface area contributed by atoms with E-state index < -0.39 is 6.04 Å². The van der Waals surface area contributed by atoms with Crippen molar-refractivity contribution in [3.05, 3.63) is 92.6 Å². The van der Waals surface area contributed by atoms with Gasteiger partial charge in [0.15, 0.2) is 0 Å². The second-order valence-electron chi connectivity index (χ2n) is 7.12. The quantitative estimate of drug-likeness (QED) is 0.490. The Morgan fingerprint density at radius 1 is 0.967 bits per heavy atom. The molecule has 0 saturated carbocycles. The van der Waals surface area contributed by atoms with Crippen LogP contribution in [0.15, 0.2) is 66.0 Å². The smallest absolute Gasteiger partial charge is 0.223 e. The maximum Gasteiger partial charge on any atom is 0.223 e. The van der Waals surface area contributed by atoms with Crippen LogP contribution in [-0.4, -0.2) is 11.8 Å². The molecule has 0 radical (unpaired) electrons. The Bertz CT molecular complexity index is 969. The first-order chi connectivity index (χ1) is 14.5. The van der Waals surface area contributed by atoms with E-state index in [0.717, 1.165) is 22.4 Å². The zero-order chi connectivity index (χ0) is 21.5. The molecule has 1 heterocycles. The number of aryl methyl sites for hydroxylation is 1. The Labute approximate surface area is 186 Å². The molecule has 0 aliphatic heterocycles. The Balaban J connectivity index is 1.79. The first-order valence-electron chi connectivity index (χ1n) is 9.90. The first kappa shape index (κ1) is 22.1. The summed E-state index contributed by atoms with van der Waals surface area (Å²) in [7, 11) is 0. The highest BCUT2D eigenvalue weighted by molar-refractivity contribution is 7.10. The number of hydrogen-bond acceptors (Lipinski definition) is 3. The van der Waals surface area contributed by atoms with Crippen LogP contribution in [0.1, 0.15) is 53.9 Å². The van der Waals surface area contributed by atoms with Gasteiger partial charge in [-0.15, -0.1) is 11.3 Å². The van der Waals surface area contributed by atoms with Crippen LogP contribution < -0.4 is 10.6 Å². The predicted molar refractivity (Wildman–Crippen MR) is 123 cm³/mol. The van der Waals surface area contributed by atoms with Crippen LogP contribution in [0.2, 0.25) is 5.02 Å². The van der Waals surface area contributed by atoms with E-state index >= 15 is 0 Å². The summed E-state index contributed by atoms with van der Waals surface area (Å²) in [6, 6.07) is 18.8. The van der Waals surface area contributed by atoms with Crippen molar-refractivity contribution in [1.82, 2.24) is 10.6 Å². The number of hydrogen-bond donors (Lipinski definition) is 2. The molecule has 0 bridgehead atoms. The average molecular weight is 441 g/mol. The summed E-state index contributed by atoms with van der Waals surface area (Å²) in [5.74, 6) is -0.325. The summed E-state index contributed by atoms with van der Waals surface area (Å²) in [5, 5.41) is 8.63. The molecule has 2 unspecified atom stereocenters. The third kappa shape index (κ3) is 5.94. The fraction of sp³-hybridized carbons (Fsp3) is 0.250. The third-order valence-electron chi connectivity index (χ3n) is 4.89. The molecule has 2 aromatic carbocycles. The van der Waals surface area contributed by atoms with Gasteiger partial charge in [-0.3, -0.25) is 9.59 Å². The lowest BCUT2D eigenvalue weighted by Gasteiger charge is -2.22. The summed E-state index contributed by atoms with van der Waals surface area (Å²) >= 11 is 7.58. The van der Waals surface area contributed by atoms with Gasteiger partial charge in [0.2, 0.25) is 11.8 Å². The second-order valence-corrected chi connectivity index (χ2v) is 8.54. The number of nitrogens with one attached hydrogen (secondary N) is 2. The normalized spacial score (nSPS) is 12.8. The van der Waals surface area contributed by atoms with Crippen LogP contribution in [0.3, 0.4) is 0 Å². The zero-order valence-corrected chi connectivity index (χ0v) is 18.6. The number of amides is 2. The van der Waals surface area contributed by atoms with E-state index in [1.54, 1.807) is 23.5 Å². The summed E-state index contributed by atoms with van der Waals surface area (Å²) in [4.78, 5) is 25.8. The van der Waals surface area contributed by atoms with Crippen LogP contribution in [0.4, 0.5) is 0 Å². The largest absolute Gasteiger partial charge is 0.349 e. The minimum absolute atomic E-state index is 0.135. The van der Waals surface area contributed by atoms with Crippen LogP contribution in [-0.2, 0) is 16.0 Å². The Hall–Kier alpha value is -2.63. The third-order valence-corrected chi connectivity index (χ3v) is 6.08. The molecule has 2 atom stereocenters. The average Bonchev–Trinajstić information content (AvgIpc) is 3.26. The molecular weight excluding hydrogens is 416 g/mol. The monoisotopic (exact) mass is 440 g/mol. The Kier molecular flexibility index (Phi) is 7.66. The molecule has 3 rings (SSSR count). The van der Waals surface area contributed by atoms with Gasteiger partial charge in [-0.05, 0) is 46.7 Å². The molecule has 1 aromatic heterocycles. The fourth-order valence-electron chi connectivity index (χ4n) is 3.32. The highest BCUT2D eigenvalue weighted by Gasteiger charge is 2.22. The molecule has 0 aliphatic rings. The van der Waals surface area contributed by atoms with Crippen LogP contribution in [0, 0.1) is 0 Å². The number of carbonyl (C=O) groups excluding carboxylic acids is 2. The van der Waals surface area contributed by atoms with Crippen LogP contribution in [0.5, 0.6) is 0 Å². The van der Waals surface area contributed by atoms with Crippen molar-refractivity contribution in [2.45, 2.75) is 38.8 Å². The molecule has 6 heteroatoms. The molecule has 4 nitrogen and oxygen atoms in total. The minimum atomic E-state index is -0.425. The van der Waals surface area contributed by atoms with Gasteiger partial charge in [0.25, 0.3) is 0 Å². The Morgan fingerprint density at radius 3 is 2.20 bits per heavy atom. The van der Waals surface area contributed by atoms with Crippen LogP contribution >= 0.6 is 22.9 Å². The summed E-state index contributed by atoms with van der Waals surface area (Å²) in [5.41, 5.74) is 3.12. The van der Waals surface area contributed by atoms with E-state index in [1.165, 1.54) is 12.5 Å². The zero-order valence-electron chi connectivity index (χ0n) is 17.0. The highest BCUT2D eigenvalue weighted by atomic mass is 35.5. The molecule has 3 aromatic rings. The molecule has 30 heavy (non-hydrogen) atoms. The van der Waals surface area contributed by atoms with E-state index in [1.807, 2.05) is 29.6 Å². The van der Waals surface area contributed by atoms with Gasteiger partial charge in [-0.1, -0.05) is 61.0 Å². The fourth-order valence-corrected chi connectivity index (χ4v) is 4.25. The van der Waals surface area contributed by atoms with E-state index in [-0.39, 0.29) is 24.3 Å². The number of rotatable bonds is 8. The van der Waals surface area contributed by atoms with Crippen molar-refractivity contribution in [1.29, 1.82) is 0 Å². The topological polar surface area (TPSA) is 58.2 Å². The van der Waals surface area contributed by atoms with Gasteiger partial charge in [0.05, 0.1) is 18.5 Å². The first-order valence-corrected chi connectivity index (χ1v) is 11.2. The van der Waals surface area contributed by atoms with Crippen molar-refractivity contribution in [3.63, 3.8) is 0 Å². The number of halogens is 1. The lowest BCUT2D eigenvalue weighted by Crippen LogP contribution is -2.34. The van der Waals surface area contributed by atoms with E-state index in [0.29, 0.717) is 5.02 Å². The van der Waals surface area contributed by atoms with Crippen LogP contribution in [0.25, 0.3) is 0 Å². The standard InChI is InChI=1S/C24H25ClN2O2S/c1-3-17-6-8-19(9-7-17)24(22-5-4-14-30-22)27-23(29)15-21(26-16(2)28)18-10-12-20(25)13-11-18/h4-14,21,24H,3,15H2,1-2H3,(H,26,28)(H,27,29). The van der Waals surface area contributed by atoms with E-state index in [9.17, 15) is 9.59 Å². The van der Waals surface area contributed by atoms with E-state index in [2.05, 4.69) is 41.8 Å². The molecule has 0 fully saturated rings. The molecule has 0 saturated heterocycles. The summed E-state index contributed by atoms with van der Waals surface area (Å²) in [6.45, 7) is 3.57. The molecule has 0 aliphatic carbocycles. The van der Waals surface area contributed by atoms with Gasteiger partial charge in [0, 0.05) is 16.8 Å². The summed E-state index contributed by atoms with van der Waals surface area (Å²) in [6.07, 6.45) is 1.10. The Morgan fingerprint density at radius 2 is 1.63 bits per heavy atom. The van der Waals surface area contributed by atoms with Crippen molar-refractivity contribution in [3.8, 4) is 0 Å². The number of carbonyl (C=O) groups is 2. The maximum absolute atomic E-state index is 13.0. The number of thiophene rings is 1. The van der Waals surface area contributed by atoms with Gasteiger partial charge >= 0.3 is 0 Å². The van der Waals surface area contributed by atoms with Crippen molar-refractivity contribution in [2.75, 3.05) is 0 Å². The second kappa shape index (κ2) is 10.4. The summed E-state index contributed by atoms with van der Waals surface area (Å²) < 4.78 is 0. The number of benzene rings is 2. The van der Waals surface area contributed by atoms with Crippen molar-refractivity contribution in [2.24, 2.45) is 0 Å². The molecule has 2 amide bonds. The molecule has 0 spiro atoms. The van der Waals surface area contributed by atoms with E-state index in [4.69, 9.17) is 11.6 Å². The lowest BCUT2D eigenvalue weighted by molar-refractivity contribution is -0.123. The molecule has 2 N–H and O–H groups in total. The highest BCUT2D eigenvalue weighted by Crippen LogP contribution is 2.27. The SMILES string of the molecule is CCc1ccc(C(NC(=O)CC(NC(C)=O)c2ccc(Cl)cc2)c2cccs2)cc1. The predicted octanol–water partition coefficient (Wildman–Crippen LogP) is 5.44. The minimum Gasteiger partial charge on any atom is -0.349 e. The van der Waals surface area contributed by atoms with Gasteiger partial charge in [-0.25, -0.2) is 0 Å². The molecule has 156 valence electrons. The van der Waals surface area contributed by atoms with Gasteiger partial charge in [0.1, 0.15) is 0 Å². The van der Waals surface area contributed by atoms with Crippen molar-refractivity contribution < 1.29 is 9.59 Å². The maximum atomic E-state index is 13.0. The van der Waals surface area contributed by atoms with Gasteiger partial charge in [-0.2, -0.15) is 0 Å².